The first-order valence-electron chi connectivity index (χ1n) is 11.1. The number of para-hydroxylation sites is 1. The molecule has 0 aliphatic heterocycles. The minimum absolute atomic E-state index is 0.446. The van der Waals surface area contributed by atoms with E-state index in [2.05, 4.69) is 12.1 Å². The fourth-order valence-corrected chi connectivity index (χ4v) is 3.49. The van der Waals surface area contributed by atoms with Gasteiger partial charge in [-0.3, -0.25) is 4.79 Å². The number of carbonyl (C=O) groups excluding carboxylic acids is 1. The number of aromatic nitrogens is 1. The molecule has 2 N–H and O–H groups in total. The van der Waals surface area contributed by atoms with Gasteiger partial charge in [-0.2, -0.15) is 0 Å². The summed E-state index contributed by atoms with van der Waals surface area (Å²) in [6.45, 7) is 5.20. The lowest BCUT2D eigenvalue weighted by Gasteiger charge is -2.16. The molecule has 2 aromatic carbocycles. The third kappa shape index (κ3) is 6.39. The van der Waals surface area contributed by atoms with Crippen molar-refractivity contribution < 1.29 is 24.5 Å². The number of carboxylic acids is 1. The Kier molecular flexibility index (Phi) is 7.97. The number of fused-ring (bicyclic) bond motifs is 1. The molecule has 6 heteroatoms. The van der Waals surface area contributed by atoms with Crippen LogP contribution in [0, 0.1) is 6.92 Å². The summed E-state index contributed by atoms with van der Waals surface area (Å²) >= 11 is 0. The summed E-state index contributed by atoms with van der Waals surface area (Å²) in [6.07, 6.45) is 7.10. The van der Waals surface area contributed by atoms with E-state index in [1.54, 1.807) is 12.1 Å². The van der Waals surface area contributed by atoms with E-state index in [1.165, 1.54) is 31.6 Å². The number of pyridine rings is 1. The molecule has 1 aromatic heterocycles. The van der Waals surface area contributed by atoms with Crippen molar-refractivity contribution in [3.63, 3.8) is 0 Å². The van der Waals surface area contributed by atoms with Crippen LogP contribution in [0.15, 0.2) is 60.7 Å². The Bertz CT molecular complexity index is 1240. The second-order valence-corrected chi connectivity index (χ2v) is 8.56. The Labute approximate surface area is 199 Å². The zero-order valence-corrected chi connectivity index (χ0v) is 19.6. The van der Waals surface area contributed by atoms with E-state index in [1.807, 2.05) is 37.3 Å². The molecule has 6 nitrogen and oxygen atoms in total. The monoisotopic (exact) mass is 459 g/mol. The van der Waals surface area contributed by atoms with Gasteiger partial charge in [0.05, 0.1) is 17.8 Å². The molecule has 0 saturated heterocycles. The van der Waals surface area contributed by atoms with E-state index in [9.17, 15) is 14.7 Å². The number of benzene rings is 2. The number of aryl methyl sites for hydroxylation is 1. The Morgan fingerprint density at radius 3 is 2.44 bits per heavy atom. The van der Waals surface area contributed by atoms with Crippen LogP contribution < -0.4 is 4.74 Å². The average molecular weight is 460 g/mol. The second-order valence-electron chi connectivity index (χ2n) is 8.56. The van der Waals surface area contributed by atoms with Crippen LogP contribution in [-0.2, 0) is 16.0 Å². The number of hydrogen-bond donors (Lipinski definition) is 2. The molecule has 3 rings (SSSR count). The van der Waals surface area contributed by atoms with Crippen molar-refractivity contribution in [2.75, 3.05) is 6.61 Å². The topological polar surface area (TPSA) is 96.7 Å². The predicted molar refractivity (Wildman–Crippen MR) is 134 cm³/mol. The van der Waals surface area contributed by atoms with Gasteiger partial charge in [0.1, 0.15) is 11.4 Å². The number of carboxylic acid groups (broad SMARTS) is 1. The molecule has 0 radical (unpaired) electrons. The van der Waals surface area contributed by atoms with Gasteiger partial charge in [0, 0.05) is 22.6 Å². The lowest BCUT2D eigenvalue weighted by Crippen LogP contribution is -2.29. The first-order chi connectivity index (χ1) is 16.2. The quantitative estimate of drug-likeness (QED) is 0.327. The summed E-state index contributed by atoms with van der Waals surface area (Å²) in [7, 11) is 0. The van der Waals surface area contributed by atoms with Crippen molar-refractivity contribution in [3.8, 4) is 5.75 Å². The van der Waals surface area contributed by atoms with E-state index < -0.39 is 17.4 Å². The number of rotatable bonds is 10. The van der Waals surface area contributed by atoms with Crippen LogP contribution in [0.3, 0.4) is 0 Å². The standard InChI is InChI=1S/C28H29NO5/c1-19-23(15-16-24(30)28(2,3)33)29-26-21(14-17-25(31)32)12-7-13-22(26)27(19)34-18-8-11-20-9-5-4-6-10-20/h4-7,9-10,12-17,33H,8,11,18H2,1-3H3,(H,31,32)/b16-15?,17-14+. The lowest BCUT2D eigenvalue weighted by atomic mass is 10.0. The van der Waals surface area contributed by atoms with Crippen molar-refractivity contribution in [1.29, 1.82) is 0 Å². The van der Waals surface area contributed by atoms with Gasteiger partial charge in [0.15, 0.2) is 5.78 Å². The normalized spacial score (nSPS) is 12.0. The van der Waals surface area contributed by atoms with E-state index in [4.69, 9.17) is 14.8 Å². The third-order valence-corrected chi connectivity index (χ3v) is 5.37. The Morgan fingerprint density at radius 1 is 1.03 bits per heavy atom. The minimum Gasteiger partial charge on any atom is -0.493 e. The zero-order valence-electron chi connectivity index (χ0n) is 19.6. The maximum absolute atomic E-state index is 12.2. The van der Waals surface area contributed by atoms with Crippen molar-refractivity contribution in [3.05, 3.63) is 83.1 Å². The minimum atomic E-state index is -1.49. The SMILES string of the molecule is Cc1c(C=CC(=O)C(C)(C)O)nc2c(/C=C/C(=O)O)cccc2c1OCCCc1ccccc1. The molecule has 0 unspecified atom stereocenters. The van der Waals surface area contributed by atoms with Crippen molar-refractivity contribution >= 4 is 34.8 Å². The Balaban J connectivity index is 1.99. The van der Waals surface area contributed by atoms with Gasteiger partial charge in [-0.1, -0.05) is 42.5 Å². The number of ketones is 1. The van der Waals surface area contributed by atoms with Crippen LogP contribution in [0.2, 0.25) is 0 Å². The number of aliphatic carboxylic acids is 1. The van der Waals surface area contributed by atoms with Crippen LogP contribution in [0.25, 0.3) is 23.1 Å². The number of aliphatic hydroxyl groups is 1. The molecule has 0 bridgehead atoms. The fourth-order valence-electron chi connectivity index (χ4n) is 3.49. The molecule has 0 atom stereocenters. The summed E-state index contributed by atoms with van der Waals surface area (Å²) < 4.78 is 6.22. The number of hydrogen-bond acceptors (Lipinski definition) is 5. The fraction of sp³-hybridized carbons (Fsp3) is 0.250. The maximum atomic E-state index is 12.2. The third-order valence-electron chi connectivity index (χ3n) is 5.37. The molecule has 0 saturated carbocycles. The molecular weight excluding hydrogens is 430 g/mol. The van der Waals surface area contributed by atoms with Crippen LogP contribution >= 0.6 is 0 Å². The van der Waals surface area contributed by atoms with Gasteiger partial charge in [-0.25, -0.2) is 9.78 Å². The smallest absolute Gasteiger partial charge is 0.328 e. The van der Waals surface area contributed by atoms with Crippen LogP contribution in [0.4, 0.5) is 0 Å². The molecule has 3 aromatic rings. The average Bonchev–Trinajstić information content (AvgIpc) is 2.80. The predicted octanol–water partition coefficient (Wildman–Crippen LogP) is 5.01. The highest BCUT2D eigenvalue weighted by Crippen LogP contribution is 2.33. The van der Waals surface area contributed by atoms with Crippen LogP contribution in [-0.4, -0.2) is 39.2 Å². The van der Waals surface area contributed by atoms with E-state index >= 15 is 0 Å². The largest absolute Gasteiger partial charge is 0.493 e. The van der Waals surface area contributed by atoms with Gasteiger partial charge >= 0.3 is 5.97 Å². The molecule has 0 fully saturated rings. The van der Waals surface area contributed by atoms with E-state index in [0.29, 0.717) is 29.1 Å². The van der Waals surface area contributed by atoms with Crippen LogP contribution in [0.5, 0.6) is 5.75 Å². The summed E-state index contributed by atoms with van der Waals surface area (Å²) in [6, 6.07) is 15.7. The Hall–Kier alpha value is -3.77. The second kappa shape index (κ2) is 10.9. The summed E-state index contributed by atoms with van der Waals surface area (Å²) in [4.78, 5) is 28.0. The lowest BCUT2D eigenvalue weighted by molar-refractivity contribution is -0.131. The van der Waals surface area contributed by atoms with Gasteiger partial charge in [-0.05, 0) is 63.5 Å². The highest BCUT2D eigenvalue weighted by molar-refractivity contribution is 6.00. The molecule has 0 aliphatic rings. The van der Waals surface area contributed by atoms with Gasteiger partial charge in [0.2, 0.25) is 0 Å². The summed E-state index contributed by atoms with van der Waals surface area (Å²) in [5, 5.41) is 19.8. The first-order valence-corrected chi connectivity index (χ1v) is 11.1. The van der Waals surface area contributed by atoms with E-state index in [-0.39, 0.29) is 0 Å². The van der Waals surface area contributed by atoms with Gasteiger partial charge in [0.25, 0.3) is 0 Å². The van der Waals surface area contributed by atoms with Gasteiger partial charge < -0.3 is 14.9 Å². The summed E-state index contributed by atoms with van der Waals surface area (Å²) in [5.41, 5.74) is 2.20. The maximum Gasteiger partial charge on any atom is 0.328 e. The van der Waals surface area contributed by atoms with E-state index in [0.717, 1.165) is 29.9 Å². The number of nitrogens with zero attached hydrogens (tertiary/aromatic N) is 1. The molecule has 0 aliphatic carbocycles. The number of ether oxygens (including phenoxy) is 1. The van der Waals surface area contributed by atoms with Crippen molar-refractivity contribution in [2.45, 2.75) is 39.2 Å². The van der Waals surface area contributed by atoms with Crippen molar-refractivity contribution in [1.82, 2.24) is 4.98 Å². The highest BCUT2D eigenvalue weighted by atomic mass is 16.5. The first kappa shape index (κ1) is 24.9. The molecule has 176 valence electrons. The highest BCUT2D eigenvalue weighted by Gasteiger charge is 2.21. The Morgan fingerprint density at radius 2 is 1.76 bits per heavy atom. The molecular formula is C28H29NO5. The van der Waals surface area contributed by atoms with Crippen LogP contribution in [0.1, 0.15) is 42.7 Å². The molecule has 0 spiro atoms. The number of carbonyl (C=O) groups is 2. The molecule has 34 heavy (non-hydrogen) atoms. The zero-order chi connectivity index (χ0) is 24.7. The van der Waals surface area contributed by atoms with Crippen molar-refractivity contribution in [2.24, 2.45) is 0 Å². The summed E-state index contributed by atoms with van der Waals surface area (Å²) in [5.74, 6) is -0.866. The van der Waals surface area contributed by atoms with Gasteiger partial charge in [-0.15, -0.1) is 0 Å². The molecule has 0 amide bonds. The molecule has 1 heterocycles.